The Balaban J connectivity index is 1.83. The van der Waals surface area contributed by atoms with E-state index in [1.54, 1.807) is 0 Å². The second-order valence-electron chi connectivity index (χ2n) is 6.32. The molecule has 0 amide bonds. The Labute approximate surface area is 126 Å². The van der Waals surface area contributed by atoms with Crippen molar-refractivity contribution in [3.63, 3.8) is 0 Å². The molecule has 1 aliphatic carbocycles. The van der Waals surface area contributed by atoms with E-state index in [0.29, 0.717) is 12.0 Å². The molecule has 3 nitrogen and oxygen atoms in total. The van der Waals surface area contributed by atoms with Crippen LogP contribution in [0.15, 0.2) is 30.3 Å². The van der Waals surface area contributed by atoms with Crippen molar-refractivity contribution in [3.8, 4) is 5.75 Å². The van der Waals surface area contributed by atoms with Crippen LogP contribution in [0.1, 0.15) is 38.8 Å². The molecule has 112 valence electrons. The number of para-hydroxylation sites is 1. The first-order valence-corrected chi connectivity index (χ1v) is 7.98. The second kappa shape index (κ2) is 6.44. The smallest absolute Gasteiger partial charge is 0.130 e. The van der Waals surface area contributed by atoms with Gasteiger partial charge in [0.2, 0.25) is 0 Å². The van der Waals surface area contributed by atoms with E-state index in [1.165, 1.54) is 19.3 Å². The molecule has 3 rings (SSSR count). The van der Waals surface area contributed by atoms with Crippen LogP contribution >= 0.6 is 0 Å². The molecule has 0 aliphatic heterocycles. The van der Waals surface area contributed by atoms with Gasteiger partial charge in [-0.2, -0.15) is 0 Å². The zero-order valence-electron chi connectivity index (χ0n) is 12.9. The first-order chi connectivity index (χ1) is 10.2. The van der Waals surface area contributed by atoms with Gasteiger partial charge in [0, 0.05) is 18.0 Å². The molecule has 2 aromatic rings. The van der Waals surface area contributed by atoms with Crippen LogP contribution in [0.4, 0.5) is 0 Å². The van der Waals surface area contributed by atoms with Crippen molar-refractivity contribution in [1.29, 1.82) is 0 Å². The number of nitrogens with zero attached hydrogens (tertiary/aromatic N) is 1. The summed E-state index contributed by atoms with van der Waals surface area (Å²) in [5, 5.41) is 4.58. The first-order valence-electron chi connectivity index (χ1n) is 7.98. The highest BCUT2D eigenvalue weighted by atomic mass is 16.5. The van der Waals surface area contributed by atoms with E-state index in [0.717, 1.165) is 35.4 Å². The Bertz CT molecular complexity index is 605. The summed E-state index contributed by atoms with van der Waals surface area (Å²) in [6, 6.07) is 10.4. The van der Waals surface area contributed by atoms with Crippen LogP contribution in [0, 0.1) is 5.92 Å². The number of fused-ring (bicyclic) bond motifs is 1. The lowest BCUT2D eigenvalue weighted by molar-refractivity contribution is 0.122. The molecule has 1 aromatic carbocycles. The molecule has 1 heterocycles. The lowest BCUT2D eigenvalue weighted by Crippen LogP contribution is -2.25. The highest BCUT2D eigenvalue weighted by molar-refractivity contribution is 5.85. The number of ether oxygens (including phenoxy) is 1. The molecule has 1 N–H and O–H groups in total. The molecule has 0 bridgehead atoms. The number of hydrogen-bond donors (Lipinski definition) is 1. The Morgan fingerprint density at radius 1 is 1.29 bits per heavy atom. The van der Waals surface area contributed by atoms with Crippen molar-refractivity contribution in [3.05, 3.63) is 36.0 Å². The van der Waals surface area contributed by atoms with Gasteiger partial charge in [-0.15, -0.1) is 0 Å². The van der Waals surface area contributed by atoms with Crippen LogP contribution < -0.4 is 10.1 Å². The number of aromatic nitrogens is 1. The van der Waals surface area contributed by atoms with E-state index in [4.69, 9.17) is 9.72 Å². The van der Waals surface area contributed by atoms with E-state index in [1.807, 2.05) is 12.1 Å². The molecular formula is C18H24N2O. The third-order valence-electron chi connectivity index (χ3n) is 3.94. The van der Waals surface area contributed by atoms with E-state index in [-0.39, 0.29) is 0 Å². The predicted molar refractivity (Wildman–Crippen MR) is 86.6 cm³/mol. The van der Waals surface area contributed by atoms with Gasteiger partial charge >= 0.3 is 0 Å². The van der Waals surface area contributed by atoms with Crippen molar-refractivity contribution in [2.45, 2.75) is 45.8 Å². The molecule has 0 radical (unpaired) electrons. The van der Waals surface area contributed by atoms with Crippen molar-refractivity contribution in [2.24, 2.45) is 5.92 Å². The molecule has 1 fully saturated rings. The maximum atomic E-state index is 6.16. The Morgan fingerprint density at radius 2 is 2.10 bits per heavy atom. The normalized spacial score (nSPS) is 15.4. The quantitative estimate of drug-likeness (QED) is 0.873. The van der Waals surface area contributed by atoms with Crippen LogP contribution in [-0.2, 0) is 6.54 Å². The molecule has 0 atom stereocenters. The van der Waals surface area contributed by atoms with Crippen molar-refractivity contribution in [2.75, 3.05) is 6.54 Å². The second-order valence-corrected chi connectivity index (χ2v) is 6.32. The zero-order valence-corrected chi connectivity index (χ0v) is 12.9. The topological polar surface area (TPSA) is 34.1 Å². The molecule has 1 saturated carbocycles. The first kappa shape index (κ1) is 14.3. The molecule has 3 heteroatoms. The minimum absolute atomic E-state index is 0.396. The fraction of sp³-hybridized carbons (Fsp3) is 0.500. The third kappa shape index (κ3) is 3.53. The fourth-order valence-corrected chi connectivity index (χ4v) is 2.54. The molecule has 21 heavy (non-hydrogen) atoms. The number of pyridine rings is 1. The average molecular weight is 284 g/mol. The molecule has 0 saturated heterocycles. The average Bonchev–Trinajstić information content (AvgIpc) is 2.42. The minimum Gasteiger partial charge on any atom is -0.490 e. The van der Waals surface area contributed by atoms with E-state index < -0.39 is 0 Å². The van der Waals surface area contributed by atoms with E-state index in [9.17, 15) is 0 Å². The van der Waals surface area contributed by atoms with Crippen LogP contribution in [-0.4, -0.2) is 17.6 Å². The van der Waals surface area contributed by atoms with Crippen LogP contribution in [0.5, 0.6) is 5.75 Å². The standard InChI is InChI=1S/C18H24N2O/c1-13(2)11-19-12-14-10-18(21-15-6-5-7-15)16-8-3-4-9-17(16)20-14/h3-4,8-10,13,15,19H,5-7,11-12H2,1-2H3. The van der Waals surface area contributed by atoms with Gasteiger partial charge in [-0.05, 0) is 43.9 Å². The van der Waals surface area contributed by atoms with E-state index >= 15 is 0 Å². The summed E-state index contributed by atoms with van der Waals surface area (Å²) in [7, 11) is 0. The van der Waals surface area contributed by atoms with E-state index in [2.05, 4.69) is 37.4 Å². The minimum atomic E-state index is 0.396. The monoisotopic (exact) mass is 284 g/mol. The van der Waals surface area contributed by atoms with Gasteiger partial charge in [0.05, 0.1) is 17.3 Å². The maximum absolute atomic E-state index is 6.16. The number of hydrogen-bond acceptors (Lipinski definition) is 3. The highest BCUT2D eigenvalue weighted by Gasteiger charge is 2.20. The van der Waals surface area contributed by atoms with Crippen LogP contribution in [0.2, 0.25) is 0 Å². The summed E-state index contributed by atoms with van der Waals surface area (Å²) < 4.78 is 6.16. The van der Waals surface area contributed by atoms with Crippen LogP contribution in [0.25, 0.3) is 10.9 Å². The van der Waals surface area contributed by atoms with Crippen molar-refractivity contribution in [1.82, 2.24) is 10.3 Å². The predicted octanol–water partition coefficient (Wildman–Crippen LogP) is 3.91. The molecular weight excluding hydrogens is 260 g/mol. The lowest BCUT2D eigenvalue weighted by Gasteiger charge is -2.27. The Morgan fingerprint density at radius 3 is 2.81 bits per heavy atom. The zero-order chi connectivity index (χ0) is 14.7. The van der Waals surface area contributed by atoms with Crippen LogP contribution in [0.3, 0.4) is 0 Å². The maximum Gasteiger partial charge on any atom is 0.130 e. The fourth-order valence-electron chi connectivity index (χ4n) is 2.54. The highest BCUT2D eigenvalue weighted by Crippen LogP contribution is 2.30. The van der Waals surface area contributed by atoms with Gasteiger partial charge in [-0.25, -0.2) is 0 Å². The number of benzene rings is 1. The molecule has 0 unspecified atom stereocenters. The van der Waals surface area contributed by atoms with Gasteiger partial charge in [-0.3, -0.25) is 4.98 Å². The van der Waals surface area contributed by atoms with Gasteiger partial charge in [0.25, 0.3) is 0 Å². The van der Waals surface area contributed by atoms with Gasteiger partial charge in [-0.1, -0.05) is 26.0 Å². The molecule has 1 aliphatic rings. The lowest BCUT2D eigenvalue weighted by atomic mass is 9.96. The number of rotatable bonds is 6. The molecule has 1 aromatic heterocycles. The number of nitrogens with one attached hydrogen (secondary N) is 1. The molecule has 0 spiro atoms. The summed E-state index contributed by atoms with van der Waals surface area (Å²) in [5.41, 5.74) is 2.08. The van der Waals surface area contributed by atoms with Crippen molar-refractivity contribution >= 4 is 10.9 Å². The third-order valence-corrected chi connectivity index (χ3v) is 3.94. The van der Waals surface area contributed by atoms with Gasteiger partial charge < -0.3 is 10.1 Å². The Kier molecular flexibility index (Phi) is 4.39. The van der Waals surface area contributed by atoms with Crippen molar-refractivity contribution < 1.29 is 4.74 Å². The summed E-state index contributed by atoms with van der Waals surface area (Å²) >= 11 is 0. The SMILES string of the molecule is CC(C)CNCc1cc(OC2CCC2)c2ccccc2n1. The summed E-state index contributed by atoms with van der Waals surface area (Å²) in [5.74, 6) is 1.64. The Hall–Kier alpha value is -1.61. The van der Waals surface area contributed by atoms with Gasteiger partial charge in [0.15, 0.2) is 0 Å². The largest absolute Gasteiger partial charge is 0.490 e. The summed E-state index contributed by atoms with van der Waals surface area (Å²) in [6.07, 6.45) is 4.04. The van der Waals surface area contributed by atoms with Gasteiger partial charge in [0.1, 0.15) is 5.75 Å². The summed E-state index contributed by atoms with van der Waals surface area (Å²) in [6.45, 7) is 6.23. The summed E-state index contributed by atoms with van der Waals surface area (Å²) in [4.78, 5) is 4.74.